The number of benzene rings is 4. The number of nitrogens with zero attached hydrogens (tertiary/aromatic N) is 1. The van der Waals surface area contributed by atoms with Crippen molar-refractivity contribution in [3.8, 4) is 0 Å². The minimum absolute atomic E-state index is 0.00715. The first-order valence-electron chi connectivity index (χ1n) is 22.3. The first-order valence-corrected chi connectivity index (χ1v) is 22.3. The number of fused-ring (bicyclic) bond motifs is 1. The number of hydrogen-bond acceptors (Lipinski definition) is 9. The van der Waals surface area contributed by atoms with E-state index in [-0.39, 0.29) is 32.1 Å². The third-order valence-corrected chi connectivity index (χ3v) is 11.5. The van der Waals surface area contributed by atoms with Crippen molar-refractivity contribution in [2.45, 2.75) is 88.1 Å². The van der Waals surface area contributed by atoms with Crippen molar-refractivity contribution in [2.24, 2.45) is 17.2 Å². The summed E-state index contributed by atoms with van der Waals surface area (Å²) >= 11 is 0. The molecule has 17 nitrogen and oxygen atoms in total. The van der Waals surface area contributed by atoms with E-state index >= 15 is 0 Å². The number of carbonyl (C=O) groups excluding carboxylic acids is 6. The number of carbonyl (C=O) groups is 6. The number of nitrogens with one attached hydrogen (secondary N) is 7. The van der Waals surface area contributed by atoms with Gasteiger partial charge < -0.3 is 53.8 Å². The Kier molecular flexibility index (Phi) is 17.5. The molecule has 6 atom stereocenters. The molecule has 350 valence electrons. The fourth-order valence-electron chi connectivity index (χ4n) is 7.69. The molecule has 67 heavy (non-hydrogen) atoms. The fourth-order valence-corrected chi connectivity index (χ4v) is 7.69. The Labute approximate surface area is 388 Å². The first kappa shape index (κ1) is 48.8. The molecular formula is C50H59N11O6. The Morgan fingerprint density at radius 3 is 1.55 bits per heavy atom. The van der Waals surface area contributed by atoms with E-state index in [0.717, 1.165) is 22.0 Å². The summed E-state index contributed by atoms with van der Waals surface area (Å²) < 4.78 is 0. The van der Waals surface area contributed by atoms with Crippen LogP contribution in [0.1, 0.15) is 46.4 Å². The van der Waals surface area contributed by atoms with Crippen LogP contribution in [0.5, 0.6) is 0 Å². The summed E-state index contributed by atoms with van der Waals surface area (Å²) in [5.41, 5.74) is 22.9. The van der Waals surface area contributed by atoms with Crippen LogP contribution < -0.4 is 43.8 Å². The number of nitrogens with two attached hydrogens (primary N) is 3. The van der Waals surface area contributed by atoms with Crippen LogP contribution in [0.15, 0.2) is 128 Å². The van der Waals surface area contributed by atoms with Crippen molar-refractivity contribution in [1.29, 1.82) is 0 Å². The lowest BCUT2D eigenvalue weighted by Gasteiger charge is -2.27. The number of para-hydroxylation sites is 1. The molecule has 0 aliphatic rings. The zero-order valence-corrected chi connectivity index (χ0v) is 37.4. The summed E-state index contributed by atoms with van der Waals surface area (Å²) in [6, 6.07) is 26.1. The number of aromatic amines is 2. The lowest BCUT2D eigenvalue weighted by molar-refractivity contribution is -0.135. The van der Waals surface area contributed by atoms with Gasteiger partial charge in [-0.3, -0.25) is 28.8 Å². The van der Waals surface area contributed by atoms with Gasteiger partial charge in [0.15, 0.2) is 0 Å². The maximum atomic E-state index is 14.7. The van der Waals surface area contributed by atoms with E-state index < -0.39 is 71.7 Å². The second kappa shape index (κ2) is 24.1. The highest BCUT2D eigenvalue weighted by Crippen LogP contribution is 2.20. The van der Waals surface area contributed by atoms with Crippen molar-refractivity contribution in [3.05, 3.63) is 161 Å². The number of imidazole rings is 1. The maximum Gasteiger partial charge on any atom is 0.243 e. The molecule has 6 aromatic rings. The van der Waals surface area contributed by atoms with E-state index in [1.807, 2.05) is 79.7 Å². The van der Waals surface area contributed by atoms with E-state index in [1.165, 1.54) is 12.5 Å². The van der Waals surface area contributed by atoms with Crippen LogP contribution >= 0.6 is 0 Å². The van der Waals surface area contributed by atoms with E-state index in [4.69, 9.17) is 17.2 Å². The molecule has 2 heterocycles. The average molecular weight is 910 g/mol. The average Bonchev–Trinajstić information content (AvgIpc) is 4.01. The minimum atomic E-state index is -1.27. The smallest absolute Gasteiger partial charge is 0.243 e. The second-order valence-electron chi connectivity index (χ2n) is 16.7. The van der Waals surface area contributed by atoms with Crippen molar-refractivity contribution < 1.29 is 28.8 Å². The molecule has 17 heteroatoms. The lowest BCUT2D eigenvalue weighted by atomic mass is 9.99. The number of hydrogen-bond donors (Lipinski definition) is 10. The van der Waals surface area contributed by atoms with Crippen LogP contribution in [-0.4, -0.2) is 93.2 Å². The quantitative estimate of drug-likeness (QED) is 0.0423. The van der Waals surface area contributed by atoms with Gasteiger partial charge in [0, 0.05) is 61.1 Å². The molecule has 0 fully saturated rings. The standard InChI is InChI=1S/C50H59N11O6/c1-31-18-20-34(21-19-31)25-43(49(66)59-41(23-32-11-4-2-5-12-32)47(64)57-40(45(53)62)27-36-29-54-30-56-36)60-48(65)42(24-33-13-6-3-7-14-33)61-50(67)44(58-46(63)38(52)16-10-22-51)26-35-28-55-39-17-9-8-15-37(35)39/h2-9,11-15,17-21,28-30,38,40-44,55H,10,16,22-27,51-52H2,1H3,(H2,53,62)(H,54,56)(H,57,64)(H,58,63)(H,59,66)(H,60,65)(H,61,67)/t38-,40-,41+,42+,43-,44+/m0/s1. The normalized spacial score (nSPS) is 13.8. The van der Waals surface area contributed by atoms with Crippen LogP contribution in [0.3, 0.4) is 0 Å². The van der Waals surface area contributed by atoms with Gasteiger partial charge in [-0.25, -0.2) is 4.98 Å². The van der Waals surface area contributed by atoms with Crippen LogP contribution in [0.4, 0.5) is 0 Å². The molecule has 0 radical (unpaired) electrons. The lowest BCUT2D eigenvalue weighted by Crippen LogP contribution is -2.60. The molecule has 6 amide bonds. The Morgan fingerprint density at radius 2 is 1.04 bits per heavy atom. The molecule has 0 bridgehead atoms. The summed E-state index contributed by atoms with van der Waals surface area (Å²) in [5, 5.41) is 15.0. The van der Waals surface area contributed by atoms with Crippen LogP contribution in [0.25, 0.3) is 10.9 Å². The number of amides is 6. The van der Waals surface area contributed by atoms with E-state index in [2.05, 4.69) is 41.5 Å². The van der Waals surface area contributed by atoms with Crippen molar-refractivity contribution >= 4 is 46.3 Å². The third kappa shape index (κ3) is 14.4. The maximum absolute atomic E-state index is 14.7. The van der Waals surface area contributed by atoms with E-state index in [9.17, 15) is 28.8 Å². The summed E-state index contributed by atoms with van der Waals surface area (Å²) in [5.74, 6) is -4.07. The van der Waals surface area contributed by atoms with Gasteiger partial charge in [-0.15, -0.1) is 0 Å². The molecule has 0 unspecified atom stereocenters. The van der Waals surface area contributed by atoms with Gasteiger partial charge in [-0.1, -0.05) is 109 Å². The van der Waals surface area contributed by atoms with E-state index in [1.54, 1.807) is 42.6 Å². The summed E-state index contributed by atoms with van der Waals surface area (Å²) in [6.45, 7) is 2.26. The molecule has 4 aromatic carbocycles. The number of aromatic nitrogens is 3. The summed E-state index contributed by atoms with van der Waals surface area (Å²) in [4.78, 5) is 94.0. The molecule has 0 saturated heterocycles. The fraction of sp³-hybridized carbons (Fsp3) is 0.300. The molecule has 0 spiro atoms. The molecule has 0 aliphatic heterocycles. The van der Waals surface area contributed by atoms with Crippen LogP contribution in [-0.2, 0) is 60.9 Å². The molecule has 0 saturated carbocycles. The zero-order chi connectivity index (χ0) is 47.7. The van der Waals surface area contributed by atoms with Gasteiger partial charge in [0.05, 0.1) is 12.4 Å². The van der Waals surface area contributed by atoms with Crippen molar-refractivity contribution in [2.75, 3.05) is 6.54 Å². The van der Waals surface area contributed by atoms with Gasteiger partial charge in [-0.2, -0.15) is 0 Å². The van der Waals surface area contributed by atoms with Gasteiger partial charge in [0.2, 0.25) is 35.4 Å². The molecule has 6 rings (SSSR count). The number of H-pyrrole nitrogens is 2. The SMILES string of the molecule is Cc1ccc(C[C@H](NC(=O)[C@@H](Cc2ccccc2)NC(=O)[C@@H](Cc2c[nH]c3ccccc23)NC(=O)[C@@H](N)CCCN)C(=O)N[C@H](Cc2ccccc2)C(=O)N[C@@H](Cc2cnc[nH]2)C(N)=O)cc1. The Balaban J connectivity index is 1.29. The number of aryl methyl sites for hydroxylation is 1. The predicted octanol–water partition coefficient (Wildman–Crippen LogP) is 1.69. The molecule has 13 N–H and O–H groups in total. The highest BCUT2D eigenvalue weighted by molar-refractivity contribution is 5.97. The Bertz CT molecular complexity index is 2570. The zero-order valence-electron chi connectivity index (χ0n) is 37.4. The first-order chi connectivity index (χ1) is 32.4. The number of primary amides is 1. The van der Waals surface area contributed by atoms with Crippen LogP contribution in [0, 0.1) is 6.92 Å². The topological polar surface area (TPSA) is 285 Å². The third-order valence-electron chi connectivity index (χ3n) is 11.5. The predicted molar refractivity (Wildman–Crippen MR) is 255 cm³/mol. The molecule has 2 aromatic heterocycles. The monoisotopic (exact) mass is 909 g/mol. The highest BCUT2D eigenvalue weighted by Gasteiger charge is 2.34. The minimum Gasteiger partial charge on any atom is -0.368 e. The van der Waals surface area contributed by atoms with E-state index in [0.29, 0.717) is 41.8 Å². The van der Waals surface area contributed by atoms with Crippen molar-refractivity contribution in [1.82, 2.24) is 41.5 Å². The van der Waals surface area contributed by atoms with Crippen LogP contribution in [0.2, 0.25) is 0 Å². The summed E-state index contributed by atoms with van der Waals surface area (Å²) in [7, 11) is 0. The Morgan fingerprint density at radius 1 is 0.567 bits per heavy atom. The second-order valence-corrected chi connectivity index (χ2v) is 16.7. The van der Waals surface area contributed by atoms with Gasteiger partial charge in [-0.05, 0) is 54.6 Å². The number of rotatable bonds is 24. The van der Waals surface area contributed by atoms with Crippen molar-refractivity contribution in [3.63, 3.8) is 0 Å². The van der Waals surface area contributed by atoms with Gasteiger partial charge in [0.1, 0.15) is 30.2 Å². The molecular weight excluding hydrogens is 851 g/mol. The largest absolute Gasteiger partial charge is 0.368 e. The highest BCUT2D eigenvalue weighted by atomic mass is 16.2. The van der Waals surface area contributed by atoms with Gasteiger partial charge in [0.25, 0.3) is 0 Å². The Hall–Kier alpha value is -7.63. The molecule has 0 aliphatic carbocycles. The van der Waals surface area contributed by atoms with Gasteiger partial charge >= 0.3 is 0 Å². The summed E-state index contributed by atoms with van der Waals surface area (Å²) in [6.07, 6.45) is 5.68.